The molecule has 102 valence electrons. The fourth-order valence-electron chi connectivity index (χ4n) is 1.37. The van der Waals surface area contributed by atoms with E-state index in [9.17, 15) is 8.78 Å². The Morgan fingerprint density at radius 2 is 2.00 bits per heavy atom. The maximum absolute atomic E-state index is 12.0. The summed E-state index contributed by atoms with van der Waals surface area (Å²) in [6, 6.07) is -0.333. The fraction of sp³-hybridized carbons (Fsp3) is 0.400. The summed E-state index contributed by atoms with van der Waals surface area (Å²) in [5, 5.41) is 3.95. The number of hydrogen-bond donors (Lipinski definition) is 1. The van der Waals surface area contributed by atoms with Gasteiger partial charge in [-0.3, -0.25) is 0 Å². The Hall–Kier alpha value is -2.16. The third-order valence-electron chi connectivity index (χ3n) is 2.16. The van der Waals surface area contributed by atoms with Crippen molar-refractivity contribution in [2.45, 2.75) is 19.4 Å². The van der Waals surface area contributed by atoms with Crippen LogP contribution in [0.3, 0.4) is 0 Å². The van der Waals surface area contributed by atoms with Gasteiger partial charge >= 0.3 is 0 Å². The van der Waals surface area contributed by atoms with Crippen LogP contribution >= 0.6 is 0 Å². The van der Waals surface area contributed by atoms with Gasteiger partial charge in [0.15, 0.2) is 11.6 Å². The minimum Gasteiger partial charge on any atom is -0.484 e. The third kappa shape index (κ3) is 3.19. The van der Waals surface area contributed by atoms with Crippen LogP contribution in [0, 0.1) is 0 Å². The zero-order chi connectivity index (χ0) is 13.8. The summed E-state index contributed by atoms with van der Waals surface area (Å²) in [7, 11) is 0. The quantitative estimate of drug-likeness (QED) is 0.860. The van der Waals surface area contributed by atoms with Gasteiger partial charge in [-0.05, 0) is 6.92 Å². The third-order valence-corrected chi connectivity index (χ3v) is 2.16. The minimum atomic E-state index is -2.54. The number of alkyl halides is 2. The molecular formula is C10H12F2N6O. The van der Waals surface area contributed by atoms with E-state index in [0.717, 1.165) is 0 Å². The highest BCUT2D eigenvalue weighted by Gasteiger charge is 2.13. The highest BCUT2D eigenvalue weighted by atomic mass is 19.3. The van der Waals surface area contributed by atoms with Crippen molar-refractivity contribution in [1.29, 1.82) is 0 Å². The van der Waals surface area contributed by atoms with Crippen molar-refractivity contribution in [1.82, 2.24) is 24.7 Å². The van der Waals surface area contributed by atoms with E-state index in [4.69, 9.17) is 10.5 Å². The average molecular weight is 270 g/mol. The zero-order valence-corrected chi connectivity index (χ0v) is 10.1. The van der Waals surface area contributed by atoms with Crippen LogP contribution in [0.15, 0.2) is 18.7 Å². The van der Waals surface area contributed by atoms with Crippen LogP contribution in [0.5, 0.6) is 5.75 Å². The van der Waals surface area contributed by atoms with Crippen molar-refractivity contribution in [2.75, 3.05) is 6.61 Å². The van der Waals surface area contributed by atoms with E-state index >= 15 is 0 Å². The molecule has 19 heavy (non-hydrogen) atoms. The summed E-state index contributed by atoms with van der Waals surface area (Å²) in [5.41, 5.74) is 5.72. The molecule has 1 atom stereocenters. The van der Waals surface area contributed by atoms with Gasteiger partial charge in [0.2, 0.25) is 0 Å². The van der Waals surface area contributed by atoms with Crippen molar-refractivity contribution in [3.05, 3.63) is 24.5 Å². The molecule has 0 saturated carbocycles. The first-order chi connectivity index (χ1) is 9.08. The molecule has 2 N–H and O–H groups in total. The molecule has 2 aromatic rings. The summed E-state index contributed by atoms with van der Waals surface area (Å²) >= 11 is 0. The lowest BCUT2D eigenvalue weighted by Crippen LogP contribution is -2.15. The molecule has 0 bridgehead atoms. The van der Waals surface area contributed by atoms with E-state index in [0.29, 0.717) is 5.82 Å². The molecule has 0 radical (unpaired) electrons. The van der Waals surface area contributed by atoms with Crippen LogP contribution in [0.4, 0.5) is 8.78 Å². The minimum absolute atomic E-state index is 0.159. The van der Waals surface area contributed by atoms with Crippen LogP contribution in [0.1, 0.15) is 18.8 Å². The number of nitrogens with two attached hydrogens (primary N) is 1. The van der Waals surface area contributed by atoms with E-state index in [1.54, 1.807) is 6.92 Å². The van der Waals surface area contributed by atoms with Crippen molar-refractivity contribution >= 4 is 0 Å². The molecule has 7 nitrogen and oxygen atoms in total. The molecule has 2 heterocycles. The lowest BCUT2D eigenvalue weighted by molar-refractivity contribution is 0.0815. The van der Waals surface area contributed by atoms with E-state index < -0.39 is 13.0 Å². The standard InChI is InChI=1S/C10H12F2N6O/c1-6(13)9-16-5-17-18(9)10-14-2-7(3-15-10)19-4-8(11)12/h2-3,5-6,8H,4,13H2,1H3. The van der Waals surface area contributed by atoms with Crippen LogP contribution in [0.25, 0.3) is 5.95 Å². The average Bonchev–Trinajstić information content (AvgIpc) is 2.86. The predicted molar refractivity (Wildman–Crippen MR) is 61.1 cm³/mol. The van der Waals surface area contributed by atoms with E-state index in [-0.39, 0.29) is 17.7 Å². The van der Waals surface area contributed by atoms with E-state index in [1.165, 1.54) is 23.4 Å². The zero-order valence-electron chi connectivity index (χ0n) is 10.1. The number of halogens is 2. The molecule has 0 saturated heterocycles. The largest absolute Gasteiger partial charge is 0.484 e. The Kier molecular flexibility index (Phi) is 3.95. The molecule has 0 amide bonds. The van der Waals surface area contributed by atoms with Gasteiger partial charge in [0.1, 0.15) is 12.9 Å². The van der Waals surface area contributed by atoms with Crippen molar-refractivity contribution in [2.24, 2.45) is 5.73 Å². The highest BCUT2D eigenvalue weighted by molar-refractivity contribution is 5.19. The second-order valence-electron chi connectivity index (χ2n) is 3.74. The predicted octanol–water partition coefficient (Wildman–Crippen LogP) is 0.721. The Labute approximate surface area is 107 Å². The van der Waals surface area contributed by atoms with Gasteiger partial charge in [-0.2, -0.15) is 9.78 Å². The van der Waals surface area contributed by atoms with Crippen LogP contribution < -0.4 is 10.5 Å². The maximum atomic E-state index is 12.0. The van der Waals surface area contributed by atoms with Crippen molar-refractivity contribution in [3.8, 4) is 11.7 Å². The summed E-state index contributed by atoms with van der Waals surface area (Å²) in [5.74, 6) is 0.905. The smallest absolute Gasteiger partial charge is 0.272 e. The molecule has 9 heteroatoms. The van der Waals surface area contributed by atoms with Crippen LogP contribution in [0.2, 0.25) is 0 Å². The highest BCUT2D eigenvalue weighted by Crippen LogP contribution is 2.12. The second kappa shape index (κ2) is 5.65. The lowest BCUT2D eigenvalue weighted by atomic mass is 10.3. The molecule has 0 aliphatic carbocycles. The molecule has 0 aliphatic rings. The number of aromatic nitrogens is 5. The van der Waals surface area contributed by atoms with Gasteiger partial charge in [0, 0.05) is 0 Å². The molecular weight excluding hydrogens is 258 g/mol. The molecule has 1 unspecified atom stereocenters. The van der Waals surface area contributed by atoms with Gasteiger partial charge in [0.25, 0.3) is 12.4 Å². The Bertz CT molecular complexity index is 527. The maximum Gasteiger partial charge on any atom is 0.272 e. The summed E-state index contributed by atoms with van der Waals surface area (Å²) in [6.07, 6.45) is 1.37. The van der Waals surface area contributed by atoms with Crippen LogP contribution in [-0.4, -0.2) is 37.8 Å². The first-order valence-corrected chi connectivity index (χ1v) is 5.47. The lowest BCUT2D eigenvalue weighted by Gasteiger charge is -2.08. The fourth-order valence-corrected chi connectivity index (χ4v) is 1.37. The molecule has 0 aromatic carbocycles. The van der Waals surface area contributed by atoms with Gasteiger partial charge in [-0.25, -0.2) is 23.7 Å². The molecule has 2 aromatic heterocycles. The Morgan fingerprint density at radius 1 is 1.32 bits per heavy atom. The normalized spacial score (nSPS) is 12.7. The number of ether oxygens (including phenoxy) is 1. The van der Waals surface area contributed by atoms with Crippen molar-refractivity contribution in [3.63, 3.8) is 0 Å². The molecule has 0 aliphatic heterocycles. The first-order valence-electron chi connectivity index (χ1n) is 5.47. The Morgan fingerprint density at radius 3 is 2.58 bits per heavy atom. The number of rotatable bonds is 5. The number of nitrogens with zero attached hydrogens (tertiary/aromatic N) is 5. The van der Waals surface area contributed by atoms with E-state index in [2.05, 4.69) is 20.1 Å². The van der Waals surface area contributed by atoms with Crippen LogP contribution in [-0.2, 0) is 0 Å². The van der Waals surface area contributed by atoms with Gasteiger partial charge < -0.3 is 10.5 Å². The Balaban J connectivity index is 2.16. The van der Waals surface area contributed by atoms with Gasteiger partial charge in [-0.1, -0.05) is 0 Å². The van der Waals surface area contributed by atoms with Gasteiger partial charge in [-0.15, -0.1) is 0 Å². The topological polar surface area (TPSA) is 91.7 Å². The van der Waals surface area contributed by atoms with Crippen molar-refractivity contribution < 1.29 is 13.5 Å². The van der Waals surface area contributed by atoms with E-state index in [1.807, 2.05) is 0 Å². The second-order valence-corrected chi connectivity index (χ2v) is 3.74. The summed E-state index contributed by atoms with van der Waals surface area (Å²) in [6.45, 7) is 1.05. The first kappa shape index (κ1) is 13.3. The summed E-state index contributed by atoms with van der Waals surface area (Å²) < 4.78 is 30.1. The number of hydrogen-bond acceptors (Lipinski definition) is 6. The SMILES string of the molecule is CC(N)c1ncnn1-c1ncc(OCC(F)F)cn1. The molecule has 0 spiro atoms. The molecule has 2 rings (SSSR count). The van der Waals surface area contributed by atoms with Gasteiger partial charge in [0.05, 0.1) is 18.4 Å². The summed E-state index contributed by atoms with van der Waals surface area (Å²) in [4.78, 5) is 11.9. The monoisotopic (exact) mass is 270 g/mol. The molecule has 0 fully saturated rings.